The lowest BCUT2D eigenvalue weighted by molar-refractivity contribution is -0.139. The highest BCUT2D eigenvalue weighted by Crippen LogP contribution is 2.25. The van der Waals surface area contributed by atoms with E-state index in [1.54, 1.807) is 43.3 Å². The number of aryl methyl sites for hydroxylation is 1. The van der Waals surface area contributed by atoms with Gasteiger partial charge in [0.05, 0.1) is 11.9 Å². The molecule has 180 valence electrons. The van der Waals surface area contributed by atoms with Gasteiger partial charge >= 0.3 is 0 Å². The fraction of sp³-hybridized carbons (Fsp3) is 0.417. The average Bonchev–Trinajstić information content (AvgIpc) is 2.75. The Labute approximate surface area is 201 Å². The maximum atomic E-state index is 13.5. The fourth-order valence-corrected chi connectivity index (χ4v) is 4.52. The topological polar surface area (TPSA) is 86.8 Å². The molecule has 0 aliphatic heterocycles. The van der Waals surface area contributed by atoms with Crippen molar-refractivity contribution in [2.75, 3.05) is 17.1 Å². The number of rotatable bonds is 10. The van der Waals surface area contributed by atoms with Crippen LogP contribution in [0.3, 0.4) is 0 Å². The van der Waals surface area contributed by atoms with E-state index < -0.39 is 28.5 Å². The van der Waals surface area contributed by atoms with E-state index in [-0.39, 0.29) is 18.5 Å². The van der Waals surface area contributed by atoms with Gasteiger partial charge in [0.1, 0.15) is 12.6 Å². The summed E-state index contributed by atoms with van der Waals surface area (Å²) in [4.78, 5) is 27.6. The zero-order valence-corrected chi connectivity index (χ0v) is 21.3. The van der Waals surface area contributed by atoms with Gasteiger partial charge in [0.2, 0.25) is 21.8 Å². The van der Waals surface area contributed by atoms with Gasteiger partial charge in [-0.2, -0.15) is 0 Å². The highest BCUT2D eigenvalue weighted by Gasteiger charge is 2.31. The summed E-state index contributed by atoms with van der Waals surface area (Å²) in [6.45, 7) is 6.84. The number of nitrogens with one attached hydrogen (secondary N) is 1. The van der Waals surface area contributed by atoms with E-state index in [4.69, 9.17) is 11.6 Å². The predicted molar refractivity (Wildman–Crippen MR) is 133 cm³/mol. The molecule has 0 saturated carbocycles. The Kier molecular flexibility index (Phi) is 9.31. The highest BCUT2D eigenvalue weighted by molar-refractivity contribution is 7.92. The molecule has 0 bridgehead atoms. The van der Waals surface area contributed by atoms with Crippen molar-refractivity contribution in [1.29, 1.82) is 0 Å². The lowest BCUT2D eigenvalue weighted by Gasteiger charge is -2.32. The normalized spacial score (nSPS) is 12.3. The molecule has 7 nitrogen and oxygen atoms in total. The molecule has 9 heteroatoms. The molecule has 0 radical (unpaired) electrons. The first-order valence-corrected chi connectivity index (χ1v) is 13.1. The first kappa shape index (κ1) is 26.7. The maximum absolute atomic E-state index is 13.5. The standard InChI is InChI=1S/C24H32ClN3O4S/c1-6-19-11-8-10-14-22(19)28(33(5,31)32)16-23(29)27(18(4)24(30)26-17(2)3)15-20-12-7-9-13-21(20)25/h7-14,17-18H,6,15-16H2,1-5H3,(H,26,30). The molecule has 0 saturated heterocycles. The second kappa shape index (κ2) is 11.5. The van der Waals surface area contributed by atoms with Gasteiger partial charge < -0.3 is 10.2 Å². The SMILES string of the molecule is CCc1ccccc1N(CC(=O)N(Cc1ccccc1Cl)C(C)C(=O)NC(C)C)S(C)(=O)=O. The van der Waals surface area contributed by atoms with E-state index in [1.807, 2.05) is 32.9 Å². The molecular weight excluding hydrogens is 462 g/mol. The Balaban J connectivity index is 2.44. The van der Waals surface area contributed by atoms with Gasteiger partial charge in [0, 0.05) is 17.6 Å². The number of amides is 2. The van der Waals surface area contributed by atoms with Crippen molar-refractivity contribution in [2.24, 2.45) is 0 Å². The summed E-state index contributed by atoms with van der Waals surface area (Å²) >= 11 is 6.31. The molecule has 0 heterocycles. The summed E-state index contributed by atoms with van der Waals surface area (Å²) < 4.78 is 26.4. The van der Waals surface area contributed by atoms with Crippen LogP contribution in [0.25, 0.3) is 0 Å². The first-order chi connectivity index (χ1) is 15.5. The molecule has 1 atom stereocenters. The third-order valence-electron chi connectivity index (χ3n) is 5.22. The smallest absolute Gasteiger partial charge is 0.244 e. The molecule has 33 heavy (non-hydrogen) atoms. The van der Waals surface area contributed by atoms with E-state index in [0.29, 0.717) is 22.7 Å². The number of benzene rings is 2. The summed E-state index contributed by atoms with van der Waals surface area (Å²) in [5.41, 5.74) is 1.92. The third-order valence-corrected chi connectivity index (χ3v) is 6.71. The van der Waals surface area contributed by atoms with Crippen molar-refractivity contribution in [1.82, 2.24) is 10.2 Å². The zero-order valence-electron chi connectivity index (χ0n) is 19.7. The van der Waals surface area contributed by atoms with E-state index in [0.717, 1.165) is 16.1 Å². The molecule has 1 unspecified atom stereocenters. The van der Waals surface area contributed by atoms with Gasteiger partial charge in [-0.15, -0.1) is 0 Å². The molecule has 0 aromatic heterocycles. The van der Waals surface area contributed by atoms with Crippen LogP contribution in [0.1, 0.15) is 38.8 Å². The molecule has 0 fully saturated rings. The minimum Gasteiger partial charge on any atom is -0.352 e. The predicted octanol–water partition coefficient (Wildman–Crippen LogP) is 3.61. The van der Waals surface area contributed by atoms with Gasteiger partial charge in [-0.05, 0) is 50.5 Å². The van der Waals surface area contributed by atoms with Crippen molar-refractivity contribution in [3.05, 3.63) is 64.7 Å². The summed E-state index contributed by atoms with van der Waals surface area (Å²) in [5, 5.41) is 3.28. The average molecular weight is 494 g/mol. The number of nitrogens with zero attached hydrogens (tertiary/aromatic N) is 2. The summed E-state index contributed by atoms with van der Waals surface area (Å²) in [6, 6.07) is 13.2. The Hall–Kier alpha value is -2.58. The number of anilines is 1. The number of hydrogen-bond donors (Lipinski definition) is 1. The minimum atomic E-state index is -3.77. The molecule has 0 aliphatic rings. The monoisotopic (exact) mass is 493 g/mol. The first-order valence-electron chi connectivity index (χ1n) is 10.8. The summed E-state index contributed by atoms with van der Waals surface area (Å²) in [7, 11) is -3.77. The Bertz CT molecular complexity index is 1090. The number of sulfonamides is 1. The van der Waals surface area contributed by atoms with Gasteiger partial charge in [-0.25, -0.2) is 8.42 Å². The molecule has 2 amide bonds. The maximum Gasteiger partial charge on any atom is 0.244 e. The van der Waals surface area contributed by atoms with Crippen LogP contribution in [0.4, 0.5) is 5.69 Å². The number of carbonyl (C=O) groups excluding carboxylic acids is 2. The van der Waals surface area contributed by atoms with Crippen LogP contribution in [0, 0.1) is 0 Å². The number of carbonyl (C=O) groups is 2. The molecule has 2 rings (SSSR count). The molecule has 1 N–H and O–H groups in total. The van der Waals surface area contributed by atoms with Crippen molar-refractivity contribution in [3.63, 3.8) is 0 Å². The Morgan fingerprint density at radius 3 is 2.12 bits per heavy atom. The van der Waals surface area contributed by atoms with E-state index in [1.165, 1.54) is 4.90 Å². The highest BCUT2D eigenvalue weighted by atomic mass is 35.5. The molecular formula is C24H32ClN3O4S. The second-order valence-corrected chi connectivity index (χ2v) is 10.5. The van der Waals surface area contributed by atoms with E-state index in [9.17, 15) is 18.0 Å². The van der Waals surface area contributed by atoms with Crippen molar-refractivity contribution >= 4 is 39.1 Å². The van der Waals surface area contributed by atoms with Gasteiger partial charge in [0.25, 0.3) is 0 Å². The Morgan fingerprint density at radius 1 is 1.00 bits per heavy atom. The van der Waals surface area contributed by atoms with Crippen LogP contribution >= 0.6 is 11.6 Å². The summed E-state index contributed by atoms with van der Waals surface area (Å²) in [5.74, 6) is -0.831. The number of para-hydroxylation sites is 1. The number of hydrogen-bond acceptors (Lipinski definition) is 4. The van der Waals surface area contributed by atoms with Crippen LogP contribution in [0.5, 0.6) is 0 Å². The third kappa shape index (κ3) is 7.20. The van der Waals surface area contributed by atoms with Crippen molar-refractivity contribution in [2.45, 2.75) is 52.7 Å². The van der Waals surface area contributed by atoms with Crippen molar-refractivity contribution in [3.8, 4) is 0 Å². The van der Waals surface area contributed by atoms with Crippen LogP contribution in [-0.2, 0) is 32.6 Å². The fourth-order valence-electron chi connectivity index (χ4n) is 3.45. The molecule has 0 aliphatic carbocycles. The lowest BCUT2D eigenvalue weighted by Crippen LogP contribution is -2.52. The van der Waals surface area contributed by atoms with Gasteiger partial charge in [-0.3, -0.25) is 13.9 Å². The van der Waals surface area contributed by atoms with E-state index in [2.05, 4.69) is 5.32 Å². The van der Waals surface area contributed by atoms with Crippen LogP contribution in [-0.4, -0.2) is 50.0 Å². The van der Waals surface area contributed by atoms with Gasteiger partial charge in [-0.1, -0.05) is 54.9 Å². The van der Waals surface area contributed by atoms with Gasteiger partial charge in [0.15, 0.2) is 0 Å². The quantitative estimate of drug-likeness (QED) is 0.547. The molecule has 2 aromatic carbocycles. The van der Waals surface area contributed by atoms with Crippen LogP contribution in [0.15, 0.2) is 48.5 Å². The minimum absolute atomic E-state index is 0.0677. The summed E-state index contributed by atoms with van der Waals surface area (Å²) in [6.07, 6.45) is 1.67. The Morgan fingerprint density at radius 2 is 1.58 bits per heavy atom. The van der Waals surface area contributed by atoms with Crippen LogP contribution < -0.4 is 9.62 Å². The largest absolute Gasteiger partial charge is 0.352 e. The van der Waals surface area contributed by atoms with Crippen molar-refractivity contribution < 1.29 is 18.0 Å². The molecule has 2 aromatic rings. The number of halogens is 1. The van der Waals surface area contributed by atoms with E-state index >= 15 is 0 Å². The lowest BCUT2D eigenvalue weighted by atomic mass is 10.1. The van der Waals surface area contributed by atoms with Crippen LogP contribution in [0.2, 0.25) is 5.02 Å². The zero-order chi connectivity index (χ0) is 24.8. The molecule has 0 spiro atoms. The second-order valence-electron chi connectivity index (χ2n) is 8.20.